The number of hydrogen-bond acceptors (Lipinski definition) is 8. The van der Waals surface area contributed by atoms with Gasteiger partial charge in [-0.05, 0) is 116 Å². The molecule has 4 saturated carbocycles. The molecule has 1 saturated heterocycles. The fourth-order valence-corrected chi connectivity index (χ4v) is 13.2. The van der Waals surface area contributed by atoms with Gasteiger partial charge in [0.2, 0.25) is 0 Å². The summed E-state index contributed by atoms with van der Waals surface area (Å²) in [7, 11) is 1.58. The molecule has 0 amide bonds. The molecule has 6 rings (SSSR count). The predicted molar refractivity (Wildman–Crippen MR) is 186 cm³/mol. The zero-order valence-electron chi connectivity index (χ0n) is 32.2. The normalized spacial score (nSPS) is 48.8. The number of esters is 3. The number of fused-ring (bicyclic) bond motifs is 7. The Morgan fingerprint density at radius 1 is 0.837 bits per heavy atom. The number of rotatable bonds is 5. The van der Waals surface area contributed by atoms with Crippen LogP contribution in [-0.2, 0) is 38.1 Å². The molecule has 6 aliphatic rings. The van der Waals surface area contributed by atoms with Crippen molar-refractivity contribution >= 4 is 17.9 Å². The van der Waals surface area contributed by atoms with E-state index in [1.165, 1.54) is 20.3 Å². The quantitative estimate of drug-likeness (QED) is 0.124. The van der Waals surface area contributed by atoms with Crippen molar-refractivity contribution in [2.24, 2.45) is 56.7 Å². The second-order valence-corrected chi connectivity index (χ2v) is 18.5. The van der Waals surface area contributed by atoms with Gasteiger partial charge in [-0.2, -0.15) is 0 Å². The van der Waals surface area contributed by atoms with Crippen LogP contribution in [0.15, 0.2) is 11.6 Å². The van der Waals surface area contributed by atoms with Gasteiger partial charge in [-0.25, -0.2) is 0 Å². The maximum Gasteiger partial charge on any atom is 0.312 e. The molecule has 5 fully saturated rings. The maximum atomic E-state index is 13.6. The van der Waals surface area contributed by atoms with Crippen LogP contribution in [0.5, 0.6) is 0 Å². The summed E-state index contributed by atoms with van der Waals surface area (Å²) in [5, 5.41) is 0. The van der Waals surface area contributed by atoms with E-state index in [-0.39, 0.29) is 45.1 Å². The van der Waals surface area contributed by atoms with Crippen molar-refractivity contribution in [1.29, 1.82) is 0 Å². The lowest BCUT2D eigenvalue weighted by atomic mass is 9.33. The van der Waals surface area contributed by atoms with Crippen molar-refractivity contribution in [1.82, 2.24) is 0 Å². The Morgan fingerprint density at radius 3 is 2.18 bits per heavy atom. The van der Waals surface area contributed by atoms with Crippen LogP contribution in [0.2, 0.25) is 0 Å². The smallest absolute Gasteiger partial charge is 0.312 e. The second kappa shape index (κ2) is 12.6. The predicted octanol–water partition coefficient (Wildman–Crippen LogP) is 8.20. The topological polar surface area (TPSA) is 97.4 Å². The van der Waals surface area contributed by atoms with Gasteiger partial charge in [0.05, 0.1) is 24.7 Å². The molecule has 0 spiro atoms. The van der Waals surface area contributed by atoms with E-state index in [4.69, 9.17) is 23.7 Å². The molecule has 5 aliphatic carbocycles. The van der Waals surface area contributed by atoms with E-state index in [9.17, 15) is 14.4 Å². The molecule has 1 heterocycles. The second-order valence-electron chi connectivity index (χ2n) is 18.5. The molecule has 14 atom stereocenters. The summed E-state index contributed by atoms with van der Waals surface area (Å²) in [6.07, 6.45) is 10.0. The summed E-state index contributed by atoms with van der Waals surface area (Å²) in [5.41, 5.74) is 1.41. The summed E-state index contributed by atoms with van der Waals surface area (Å²) in [4.78, 5) is 37.4. The number of hydrogen-bond donors (Lipinski definition) is 0. The van der Waals surface area contributed by atoms with Crippen molar-refractivity contribution < 1.29 is 38.1 Å². The third-order valence-electron chi connectivity index (χ3n) is 16.1. The average molecular weight is 685 g/mol. The monoisotopic (exact) mass is 684 g/mol. The first-order valence-electron chi connectivity index (χ1n) is 19.3. The third-order valence-corrected chi connectivity index (χ3v) is 16.1. The highest BCUT2D eigenvalue weighted by Crippen LogP contribution is 2.76. The van der Waals surface area contributed by atoms with E-state index in [1.807, 2.05) is 6.92 Å². The molecule has 1 aliphatic heterocycles. The molecule has 0 radical (unpaired) electrons. The minimum atomic E-state index is -0.664. The minimum absolute atomic E-state index is 0.0133. The Balaban J connectivity index is 1.26. The highest BCUT2D eigenvalue weighted by Gasteiger charge is 2.70. The van der Waals surface area contributed by atoms with Crippen LogP contribution in [0.4, 0.5) is 0 Å². The molecule has 0 aromatic heterocycles. The van der Waals surface area contributed by atoms with Crippen molar-refractivity contribution in [3.63, 3.8) is 0 Å². The van der Waals surface area contributed by atoms with Crippen molar-refractivity contribution in [2.75, 3.05) is 7.11 Å². The van der Waals surface area contributed by atoms with Crippen LogP contribution < -0.4 is 0 Å². The fourth-order valence-electron chi connectivity index (χ4n) is 13.2. The van der Waals surface area contributed by atoms with Crippen LogP contribution in [-0.4, -0.2) is 55.7 Å². The number of methoxy groups -OCH3 is 1. The molecule has 49 heavy (non-hydrogen) atoms. The third kappa shape index (κ3) is 5.54. The lowest BCUT2D eigenvalue weighted by molar-refractivity contribution is -0.294. The molecular formula is C41H64O8. The largest absolute Gasteiger partial charge is 0.469 e. The standard InChI is InChI=1S/C41H64O8/c1-23-14-19-41(36(44)45-11)21-20-39(9)28(34(41)24(23)2)12-13-31-38(8)17-16-32(37(6,7)30(38)15-18-40(31,39)10)49-33-22-29(47-26(4)42)35(25(3)46-33)48-27(5)43/h12,23-25,29-35H,13-22H2,1-11H3/t23-,24+,25+,29+,30+,31-,32+,33+,34+,35+,38+,39-,40-,41+/m1/s1. The van der Waals surface area contributed by atoms with E-state index in [0.29, 0.717) is 30.1 Å². The molecule has 0 N–H and O–H groups in total. The first-order valence-corrected chi connectivity index (χ1v) is 19.3. The molecule has 0 aromatic carbocycles. The lowest BCUT2D eigenvalue weighted by Gasteiger charge is -2.71. The van der Waals surface area contributed by atoms with Gasteiger partial charge < -0.3 is 23.7 Å². The van der Waals surface area contributed by atoms with E-state index in [1.54, 1.807) is 12.7 Å². The average Bonchev–Trinajstić information content (AvgIpc) is 3.01. The SMILES string of the molecule is COC(=O)[C@]12CC[C@@H](C)[C@H](C)[C@H]1C1=CC[C@@H]3[C@@]4(C)CC[C@H](O[C@H]5C[C@H](OC(C)=O)[C@@H](OC(C)=O)[C@H](C)O5)C(C)(C)[C@@H]4CC[C@@]3(C)[C@]1(C)CC2. The van der Waals surface area contributed by atoms with Crippen LogP contribution in [0, 0.1) is 56.7 Å². The summed E-state index contributed by atoms with van der Waals surface area (Å²) in [6.45, 7) is 21.9. The van der Waals surface area contributed by atoms with Gasteiger partial charge in [-0.3, -0.25) is 14.4 Å². The van der Waals surface area contributed by atoms with Crippen LogP contribution in [0.3, 0.4) is 0 Å². The van der Waals surface area contributed by atoms with E-state index < -0.39 is 36.5 Å². The zero-order valence-corrected chi connectivity index (χ0v) is 32.2. The Kier molecular flexibility index (Phi) is 9.50. The summed E-state index contributed by atoms with van der Waals surface area (Å²) in [5.74, 6) is 1.49. The zero-order chi connectivity index (χ0) is 35.9. The summed E-state index contributed by atoms with van der Waals surface area (Å²) >= 11 is 0. The molecule has 8 nitrogen and oxygen atoms in total. The fraction of sp³-hybridized carbons (Fsp3) is 0.878. The molecule has 0 unspecified atom stereocenters. The Morgan fingerprint density at radius 2 is 1.53 bits per heavy atom. The highest BCUT2D eigenvalue weighted by molar-refractivity contribution is 5.78. The van der Waals surface area contributed by atoms with Crippen LogP contribution >= 0.6 is 0 Å². The number of allylic oxidation sites excluding steroid dienone is 2. The molecular weight excluding hydrogens is 620 g/mol. The van der Waals surface area contributed by atoms with E-state index >= 15 is 0 Å². The number of ether oxygens (including phenoxy) is 5. The number of carbonyl (C=O) groups is 3. The van der Waals surface area contributed by atoms with Crippen molar-refractivity contribution in [3.8, 4) is 0 Å². The van der Waals surface area contributed by atoms with Gasteiger partial charge in [0.15, 0.2) is 12.4 Å². The van der Waals surface area contributed by atoms with E-state index in [2.05, 4.69) is 54.5 Å². The van der Waals surface area contributed by atoms with E-state index in [0.717, 1.165) is 51.4 Å². The molecule has 276 valence electrons. The van der Waals surface area contributed by atoms with Crippen LogP contribution in [0.25, 0.3) is 0 Å². The summed E-state index contributed by atoms with van der Waals surface area (Å²) in [6, 6.07) is 0. The lowest BCUT2D eigenvalue weighted by Crippen LogP contribution is -2.65. The Labute approximate surface area is 295 Å². The van der Waals surface area contributed by atoms with Gasteiger partial charge in [0.1, 0.15) is 6.10 Å². The number of carbonyl (C=O) groups excluding carboxylic acids is 3. The highest BCUT2D eigenvalue weighted by atomic mass is 16.7. The molecule has 0 bridgehead atoms. The maximum absolute atomic E-state index is 13.6. The molecule has 0 aromatic rings. The van der Waals surface area contributed by atoms with Gasteiger partial charge in [-0.15, -0.1) is 0 Å². The van der Waals surface area contributed by atoms with Gasteiger partial charge in [-0.1, -0.05) is 60.1 Å². The van der Waals surface area contributed by atoms with Crippen molar-refractivity contribution in [2.45, 2.75) is 164 Å². The molecule has 8 heteroatoms. The Hall–Kier alpha value is -1.93. The van der Waals surface area contributed by atoms with Gasteiger partial charge in [0.25, 0.3) is 0 Å². The Bertz CT molecular complexity index is 1350. The van der Waals surface area contributed by atoms with Gasteiger partial charge in [0, 0.05) is 20.3 Å². The summed E-state index contributed by atoms with van der Waals surface area (Å²) < 4.78 is 29.9. The van der Waals surface area contributed by atoms with Gasteiger partial charge >= 0.3 is 17.9 Å². The first-order chi connectivity index (χ1) is 22.9. The van der Waals surface area contributed by atoms with Crippen LogP contribution in [0.1, 0.15) is 133 Å². The minimum Gasteiger partial charge on any atom is -0.469 e. The van der Waals surface area contributed by atoms with Crippen molar-refractivity contribution in [3.05, 3.63) is 11.6 Å². The first kappa shape index (κ1) is 36.8.